The van der Waals surface area contributed by atoms with Gasteiger partial charge < -0.3 is 9.42 Å². The van der Waals surface area contributed by atoms with Crippen molar-refractivity contribution in [3.63, 3.8) is 0 Å². The zero-order valence-corrected chi connectivity index (χ0v) is 13.2. The smallest absolute Gasteiger partial charge is 0.134 e. The summed E-state index contributed by atoms with van der Waals surface area (Å²) in [7, 11) is 0. The van der Waals surface area contributed by atoms with E-state index in [1.54, 1.807) is 0 Å². The maximum Gasteiger partial charge on any atom is 0.134 e. The molecule has 1 aliphatic heterocycles. The number of aromatic nitrogens is 1. The van der Waals surface area contributed by atoms with Crippen LogP contribution in [-0.4, -0.2) is 35.6 Å². The van der Waals surface area contributed by atoms with Crippen LogP contribution in [0.25, 0.3) is 11.3 Å². The van der Waals surface area contributed by atoms with Gasteiger partial charge in [0.15, 0.2) is 0 Å². The maximum absolute atomic E-state index is 5.80. The lowest BCUT2D eigenvalue weighted by atomic mass is 9.99. The summed E-state index contributed by atoms with van der Waals surface area (Å²) in [5, 5.41) is 4.11. The van der Waals surface area contributed by atoms with Crippen molar-refractivity contribution < 1.29 is 4.52 Å². The molecule has 0 atom stereocenters. The van der Waals surface area contributed by atoms with Gasteiger partial charge in [0.25, 0.3) is 0 Å². The summed E-state index contributed by atoms with van der Waals surface area (Å²) in [5.41, 5.74) is 4.99. The summed E-state index contributed by atoms with van der Waals surface area (Å²) < 4.78 is 5.18. The molecule has 3 rings (SSSR count). The van der Waals surface area contributed by atoms with Crippen LogP contribution in [0.5, 0.6) is 0 Å². The van der Waals surface area contributed by atoms with Crippen molar-refractivity contribution in [2.45, 2.75) is 26.2 Å². The molecule has 112 valence electrons. The van der Waals surface area contributed by atoms with Gasteiger partial charge in [-0.05, 0) is 49.9 Å². The molecule has 0 saturated carbocycles. The van der Waals surface area contributed by atoms with E-state index < -0.39 is 0 Å². The second kappa shape index (κ2) is 6.63. The Bertz CT molecular complexity index is 609. The van der Waals surface area contributed by atoms with Gasteiger partial charge in [-0.1, -0.05) is 17.3 Å². The zero-order valence-electron chi connectivity index (χ0n) is 12.4. The summed E-state index contributed by atoms with van der Waals surface area (Å²) in [6.07, 6.45) is 3.29. The number of fused-ring (bicyclic) bond motifs is 1. The van der Waals surface area contributed by atoms with Gasteiger partial charge in [-0.25, -0.2) is 0 Å². The fourth-order valence-electron chi connectivity index (χ4n) is 2.94. The molecule has 3 nitrogen and oxygen atoms in total. The van der Waals surface area contributed by atoms with Gasteiger partial charge in [-0.2, -0.15) is 0 Å². The Morgan fingerprint density at radius 3 is 2.71 bits per heavy atom. The number of benzene rings is 1. The van der Waals surface area contributed by atoms with Gasteiger partial charge in [0, 0.05) is 30.6 Å². The molecule has 0 N–H and O–H groups in total. The van der Waals surface area contributed by atoms with Crippen LogP contribution in [0, 0.1) is 6.92 Å². The van der Waals surface area contributed by atoms with Gasteiger partial charge >= 0.3 is 0 Å². The van der Waals surface area contributed by atoms with Crippen LogP contribution in [0.4, 0.5) is 0 Å². The van der Waals surface area contributed by atoms with E-state index in [0.29, 0.717) is 0 Å². The average Bonchev–Trinajstić information content (AvgIpc) is 2.83. The highest BCUT2D eigenvalue weighted by molar-refractivity contribution is 6.17. The second-order valence-corrected chi connectivity index (χ2v) is 6.07. The summed E-state index contributed by atoms with van der Waals surface area (Å²) >= 11 is 5.80. The van der Waals surface area contributed by atoms with Crippen molar-refractivity contribution in [1.29, 1.82) is 0 Å². The number of hydrogen-bond donors (Lipinski definition) is 0. The molecule has 4 heteroatoms. The van der Waals surface area contributed by atoms with Crippen molar-refractivity contribution in [1.82, 2.24) is 10.1 Å². The van der Waals surface area contributed by atoms with E-state index in [4.69, 9.17) is 16.1 Å². The fraction of sp³-hybridized carbons (Fsp3) is 0.471. The van der Waals surface area contributed by atoms with Crippen LogP contribution in [0.3, 0.4) is 0 Å². The molecule has 2 heterocycles. The molecule has 0 radical (unpaired) electrons. The highest BCUT2D eigenvalue weighted by Crippen LogP contribution is 2.24. The van der Waals surface area contributed by atoms with E-state index >= 15 is 0 Å². The zero-order chi connectivity index (χ0) is 14.7. The van der Waals surface area contributed by atoms with Crippen LogP contribution in [0.1, 0.15) is 23.3 Å². The third kappa shape index (κ3) is 3.47. The Kier molecular flexibility index (Phi) is 4.61. The minimum atomic E-state index is 0.749. The molecule has 0 bridgehead atoms. The second-order valence-electron chi connectivity index (χ2n) is 5.69. The lowest BCUT2D eigenvalue weighted by Gasteiger charge is -2.18. The summed E-state index contributed by atoms with van der Waals surface area (Å²) in [6.45, 7) is 5.28. The van der Waals surface area contributed by atoms with Gasteiger partial charge in [0.1, 0.15) is 11.5 Å². The van der Waals surface area contributed by atoms with E-state index in [9.17, 15) is 0 Å². The van der Waals surface area contributed by atoms with E-state index in [2.05, 4.69) is 28.3 Å². The van der Waals surface area contributed by atoms with Crippen molar-refractivity contribution in [3.05, 3.63) is 41.2 Å². The quantitative estimate of drug-likeness (QED) is 0.807. The Morgan fingerprint density at radius 1 is 1.19 bits per heavy atom. The number of nitrogens with zero attached hydrogens (tertiary/aromatic N) is 2. The number of aryl methyl sites for hydroxylation is 1. The minimum Gasteiger partial charge on any atom is -0.361 e. The first kappa shape index (κ1) is 14.6. The normalized spacial score (nSPS) is 15.7. The van der Waals surface area contributed by atoms with Gasteiger partial charge in [0.2, 0.25) is 0 Å². The van der Waals surface area contributed by atoms with E-state index in [1.165, 1.54) is 11.1 Å². The number of hydrogen-bond acceptors (Lipinski definition) is 3. The molecular formula is C17H21ClN2O. The first-order chi connectivity index (χ1) is 10.3. The van der Waals surface area contributed by atoms with E-state index in [-0.39, 0.29) is 0 Å². The molecule has 0 amide bonds. The SMILES string of the molecule is Cc1cc(-c2ccc3c(c2)CCN(CCCCl)CC3)no1. The predicted octanol–water partition coefficient (Wildman–Crippen LogP) is 3.68. The molecule has 1 aromatic carbocycles. The third-order valence-electron chi connectivity index (χ3n) is 4.13. The number of halogens is 1. The van der Waals surface area contributed by atoms with Gasteiger partial charge in [-0.15, -0.1) is 11.6 Å². The Balaban J connectivity index is 1.77. The molecule has 21 heavy (non-hydrogen) atoms. The predicted molar refractivity (Wildman–Crippen MR) is 85.9 cm³/mol. The van der Waals surface area contributed by atoms with E-state index in [0.717, 1.165) is 61.8 Å². The van der Waals surface area contributed by atoms with Crippen LogP contribution >= 0.6 is 11.6 Å². The molecule has 0 spiro atoms. The van der Waals surface area contributed by atoms with Crippen molar-refractivity contribution in [3.8, 4) is 11.3 Å². The van der Waals surface area contributed by atoms with Crippen molar-refractivity contribution in [2.75, 3.05) is 25.5 Å². The average molecular weight is 305 g/mol. The number of rotatable bonds is 4. The fourth-order valence-corrected chi connectivity index (χ4v) is 3.06. The Morgan fingerprint density at radius 2 is 2.00 bits per heavy atom. The van der Waals surface area contributed by atoms with Gasteiger partial charge in [-0.3, -0.25) is 0 Å². The van der Waals surface area contributed by atoms with Gasteiger partial charge in [0.05, 0.1) is 0 Å². The van der Waals surface area contributed by atoms with Crippen LogP contribution < -0.4 is 0 Å². The summed E-state index contributed by atoms with van der Waals surface area (Å²) in [5.74, 6) is 1.60. The van der Waals surface area contributed by atoms with Crippen LogP contribution in [0.2, 0.25) is 0 Å². The monoisotopic (exact) mass is 304 g/mol. The molecule has 0 unspecified atom stereocenters. The first-order valence-electron chi connectivity index (χ1n) is 7.60. The Labute approximate surface area is 130 Å². The molecule has 1 aromatic heterocycles. The van der Waals surface area contributed by atoms with E-state index in [1.807, 2.05) is 13.0 Å². The van der Waals surface area contributed by atoms with Crippen molar-refractivity contribution >= 4 is 11.6 Å². The lowest BCUT2D eigenvalue weighted by Crippen LogP contribution is -2.27. The summed E-state index contributed by atoms with van der Waals surface area (Å²) in [4.78, 5) is 2.52. The molecule has 0 fully saturated rings. The summed E-state index contributed by atoms with van der Waals surface area (Å²) in [6, 6.07) is 8.67. The largest absolute Gasteiger partial charge is 0.361 e. The third-order valence-corrected chi connectivity index (χ3v) is 4.40. The molecule has 0 saturated heterocycles. The van der Waals surface area contributed by atoms with Crippen LogP contribution in [0.15, 0.2) is 28.8 Å². The molecule has 0 aliphatic carbocycles. The van der Waals surface area contributed by atoms with Crippen LogP contribution in [-0.2, 0) is 12.8 Å². The first-order valence-corrected chi connectivity index (χ1v) is 8.13. The highest BCUT2D eigenvalue weighted by atomic mass is 35.5. The standard InChI is InChI=1S/C17H21ClN2O/c1-13-11-17(19-21-13)16-4-3-14-5-9-20(8-2-7-18)10-6-15(14)12-16/h3-4,11-12H,2,5-10H2,1H3. The lowest BCUT2D eigenvalue weighted by molar-refractivity contribution is 0.289. The molecule has 1 aliphatic rings. The number of alkyl halides is 1. The maximum atomic E-state index is 5.80. The highest BCUT2D eigenvalue weighted by Gasteiger charge is 2.15. The minimum absolute atomic E-state index is 0.749. The Hall–Kier alpha value is -1.32. The topological polar surface area (TPSA) is 29.3 Å². The molecule has 2 aromatic rings. The van der Waals surface area contributed by atoms with Crippen molar-refractivity contribution in [2.24, 2.45) is 0 Å². The molecular weight excluding hydrogens is 284 g/mol.